The molecule has 104 valence electrons. The Morgan fingerprint density at radius 2 is 2.05 bits per heavy atom. The van der Waals surface area contributed by atoms with E-state index in [-0.39, 0.29) is 11.8 Å². The molecule has 1 amide bonds. The Labute approximate surface area is 118 Å². The monoisotopic (exact) mass is 269 g/mol. The van der Waals surface area contributed by atoms with Crippen molar-refractivity contribution >= 4 is 11.7 Å². The van der Waals surface area contributed by atoms with Gasteiger partial charge >= 0.3 is 0 Å². The van der Waals surface area contributed by atoms with Crippen molar-refractivity contribution in [2.75, 3.05) is 5.32 Å². The highest BCUT2D eigenvalue weighted by atomic mass is 16.1. The molecule has 0 unspecified atom stereocenters. The summed E-state index contributed by atoms with van der Waals surface area (Å²) < 4.78 is 1.76. The van der Waals surface area contributed by atoms with E-state index in [0.29, 0.717) is 6.42 Å². The molecule has 4 heteroatoms. The molecule has 0 spiro atoms. The van der Waals surface area contributed by atoms with Gasteiger partial charge in [0.15, 0.2) is 0 Å². The number of nitrogens with one attached hydrogen (secondary N) is 1. The number of aryl methyl sites for hydroxylation is 4. The largest absolute Gasteiger partial charge is 0.311 e. The summed E-state index contributed by atoms with van der Waals surface area (Å²) in [6.45, 7) is 6.20. The van der Waals surface area contributed by atoms with Crippen LogP contribution in [0.25, 0.3) is 0 Å². The van der Waals surface area contributed by atoms with Crippen LogP contribution in [0.2, 0.25) is 0 Å². The van der Waals surface area contributed by atoms with Crippen molar-refractivity contribution in [2.24, 2.45) is 7.05 Å². The summed E-state index contributed by atoms with van der Waals surface area (Å²) >= 11 is 0. The molecule has 2 heterocycles. The molecule has 1 aliphatic heterocycles. The number of benzene rings is 1. The van der Waals surface area contributed by atoms with Gasteiger partial charge in [-0.05, 0) is 31.9 Å². The first-order valence-electron chi connectivity index (χ1n) is 6.88. The van der Waals surface area contributed by atoms with Gasteiger partial charge in [-0.25, -0.2) is 0 Å². The van der Waals surface area contributed by atoms with Crippen LogP contribution in [0.1, 0.15) is 40.3 Å². The van der Waals surface area contributed by atoms with E-state index < -0.39 is 0 Å². The van der Waals surface area contributed by atoms with Crippen LogP contribution in [0.4, 0.5) is 5.82 Å². The SMILES string of the molecule is Cc1ccc(C)c([C@@H]2CC(=O)Nc3c2c(C)nn3C)c1. The van der Waals surface area contributed by atoms with Crippen molar-refractivity contribution in [3.8, 4) is 0 Å². The number of nitrogens with zero attached hydrogens (tertiary/aromatic N) is 2. The molecule has 0 radical (unpaired) electrons. The highest BCUT2D eigenvalue weighted by Gasteiger charge is 2.32. The second kappa shape index (κ2) is 4.47. The third kappa shape index (κ3) is 1.92. The van der Waals surface area contributed by atoms with Crippen LogP contribution in [-0.4, -0.2) is 15.7 Å². The molecule has 0 saturated heterocycles. The van der Waals surface area contributed by atoms with Crippen molar-refractivity contribution < 1.29 is 4.79 Å². The number of rotatable bonds is 1. The second-order valence-electron chi connectivity index (χ2n) is 5.64. The molecule has 0 fully saturated rings. The van der Waals surface area contributed by atoms with Gasteiger partial charge in [0.25, 0.3) is 0 Å². The summed E-state index contributed by atoms with van der Waals surface area (Å²) in [4.78, 5) is 12.0. The lowest BCUT2D eigenvalue weighted by Crippen LogP contribution is -2.25. The van der Waals surface area contributed by atoms with Gasteiger partial charge in [-0.3, -0.25) is 9.48 Å². The molecule has 1 aliphatic rings. The maximum Gasteiger partial charge on any atom is 0.226 e. The molecule has 0 aliphatic carbocycles. The van der Waals surface area contributed by atoms with Gasteiger partial charge < -0.3 is 5.32 Å². The fourth-order valence-electron chi connectivity index (χ4n) is 3.11. The maximum atomic E-state index is 12.0. The fourth-order valence-corrected chi connectivity index (χ4v) is 3.11. The lowest BCUT2D eigenvalue weighted by Gasteiger charge is -2.25. The van der Waals surface area contributed by atoms with Gasteiger partial charge in [-0.15, -0.1) is 0 Å². The highest BCUT2D eigenvalue weighted by Crippen LogP contribution is 2.40. The van der Waals surface area contributed by atoms with Crippen molar-refractivity contribution in [3.63, 3.8) is 0 Å². The zero-order valence-electron chi connectivity index (χ0n) is 12.3. The van der Waals surface area contributed by atoms with Gasteiger partial charge in [-0.1, -0.05) is 23.8 Å². The topological polar surface area (TPSA) is 46.9 Å². The van der Waals surface area contributed by atoms with E-state index in [2.05, 4.69) is 42.5 Å². The van der Waals surface area contributed by atoms with E-state index in [1.54, 1.807) is 4.68 Å². The zero-order valence-corrected chi connectivity index (χ0v) is 12.3. The number of aromatic nitrogens is 2. The number of amides is 1. The quantitative estimate of drug-likeness (QED) is 0.865. The molecule has 0 saturated carbocycles. The minimum Gasteiger partial charge on any atom is -0.311 e. The molecular formula is C16H19N3O. The number of fused-ring (bicyclic) bond motifs is 1. The standard InChI is InChI=1S/C16H19N3O/c1-9-5-6-10(2)12(7-9)13-8-14(20)17-16-15(13)11(3)18-19(16)4/h5-7,13H,8H2,1-4H3,(H,17,20)/t13-/m0/s1. The maximum absolute atomic E-state index is 12.0. The van der Waals surface area contributed by atoms with E-state index in [9.17, 15) is 4.79 Å². The predicted octanol–water partition coefficient (Wildman–Crippen LogP) is 2.82. The number of carbonyl (C=O) groups is 1. The van der Waals surface area contributed by atoms with E-state index in [4.69, 9.17) is 0 Å². The van der Waals surface area contributed by atoms with Gasteiger partial charge in [0.2, 0.25) is 5.91 Å². The minimum absolute atomic E-state index is 0.0615. The van der Waals surface area contributed by atoms with Crippen LogP contribution < -0.4 is 5.32 Å². The molecule has 1 atom stereocenters. The van der Waals surface area contributed by atoms with Crippen molar-refractivity contribution in [3.05, 3.63) is 46.1 Å². The van der Waals surface area contributed by atoms with Crippen LogP contribution >= 0.6 is 0 Å². The number of hydrogen-bond donors (Lipinski definition) is 1. The van der Waals surface area contributed by atoms with Crippen LogP contribution in [0.5, 0.6) is 0 Å². The van der Waals surface area contributed by atoms with Crippen LogP contribution in [0.3, 0.4) is 0 Å². The van der Waals surface area contributed by atoms with Crippen molar-refractivity contribution in [2.45, 2.75) is 33.1 Å². The Morgan fingerprint density at radius 3 is 2.80 bits per heavy atom. The average Bonchev–Trinajstić information content (AvgIpc) is 2.67. The smallest absolute Gasteiger partial charge is 0.226 e. The lowest BCUT2D eigenvalue weighted by atomic mass is 9.83. The van der Waals surface area contributed by atoms with Crippen LogP contribution in [-0.2, 0) is 11.8 Å². The normalized spacial score (nSPS) is 17.8. The Balaban J connectivity index is 2.20. The second-order valence-corrected chi connectivity index (χ2v) is 5.64. The summed E-state index contributed by atoms with van der Waals surface area (Å²) in [6.07, 6.45) is 0.490. The van der Waals surface area contributed by atoms with Crippen LogP contribution in [0.15, 0.2) is 18.2 Å². The van der Waals surface area contributed by atoms with E-state index >= 15 is 0 Å². The molecule has 1 N–H and O–H groups in total. The Kier molecular flexibility index (Phi) is 2.89. The summed E-state index contributed by atoms with van der Waals surface area (Å²) in [6, 6.07) is 6.43. The minimum atomic E-state index is 0.0615. The Bertz CT molecular complexity index is 700. The van der Waals surface area contributed by atoms with Crippen LogP contribution in [0, 0.1) is 20.8 Å². The third-order valence-corrected chi connectivity index (χ3v) is 4.07. The first-order chi connectivity index (χ1) is 9.47. The molecule has 20 heavy (non-hydrogen) atoms. The number of hydrogen-bond acceptors (Lipinski definition) is 2. The summed E-state index contributed by atoms with van der Waals surface area (Å²) in [5, 5.41) is 7.40. The average molecular weight is 269 g/mol. The van der Waals surface area contributed by atoms with Crippen molar-refractivity contribution in [1.82, 2.24) is 9.78 Å². The molecule has 3 rings (SSSR count). The fraction of sp³-hybridized carbons (Fsp3) is 0.375. The predicted molar refractivity (Wildman–Crippen MR) is 79.0 cm³/mol. The Hall–Kier alpha value is -2.10. The first kappa shape index (κ1) is 12.9. The van der Waals surface area contributed by atoms with E-state index in [1.807, 2.05) is 14.0 Å². The highest BCUT2D eigenvalue weighted by molar-refractivity contribution is 5.94. The first-order valence-corrected chi connectivity index (χ1v) is 6.88. The van der Waals surface area contributed by atoms with Crippen molar-refractivity contribution in [1.29, 1.82) is 0 Å². The lowest BCUT2D eigenvalue weighted by molar-refractivity contribution is -0.116. The van der Waals surface area contributed by atoms with E-state index in [1.165, 1.54) is 16.7 Å². The van der Waals surface area contributed by atoms with Gasteiger partial charge in [0, 0.05) is 24.9 Å². The van der Waals surface area contributed by atoms with Gasteiger partial charge in [0.1, 0.15) is 5.82 Å². The molecule has 4 nitrogen and oxygen atoms in total. The number of anilines is 1. The van der Waals surface area contributed by atoms with Gasteiger partial charge in [0.05, 0.1) is 5.69 Å². The molecular weight excluding hydrogens is 250 g/mol. The number of carbonyl (C=O) groups excluding carboxylic acids is 1. The third-order valence-electron chi connectivity index (χ3n) is 4.07. The van der Waals surface area contributed by atoms with Gasteiger partial charge in [-0.2, -0.15) is 5.10 Å². The van der Waals surface area contributed by atoms with E-state index in [0.717, 1.165) is 17.1 Å². The summed E-state index contributed by atoms with van der Waals surface area (Å²) in [5.74, 6) is 1.00. The summed E-state index contributed by atoms with van der Waals surface area (Å²) in [5.41, 5.74) is 5.83. The zero-order chi connectivity index (χ0) is 14.4. The molecule has 1 aromatic carbocycles. The molecule has 1 aromatic heterocycles. The summed E-state index contributed by atoms with van der Waals surface area (Å²) in [7, 11) is 1.87. The Morgan fingerprint density at radius 1 is 1.30 bits per heavy atom. The molecule has 2 aromatic rings. The molecule has 0 bridgehead atoms.